The Balaban J connectivity index is 2.10. The lowest BCUT2D eigenvalue weighted by Gasteiger charge is -2.04. The van der Waals surface area contributed by atoms with Gasteiger partial charge in [-0.05, 0) is 24.3 Å². The van der Waals surface area contributed by atoms with Gasteiger partial charge in [0.2, 0.25) is 0 Å². The number of aliphatic hydroxyl groups is 1. The Hall–Kier alpha value is -0.450. The molecule has 0 aliphatic carbocycles. The van der Waals surface area contributed by atoms with Crippen LogP contribution >= 0.6 is 23.4 Å². The Kier molecular flexibility index (Phi) is 6.55. The van der Waals surface area contributed by atoms with Crippen molar-refractivity contribution < 1.29 is 5.11 Å². The SMILES string of the molecule is OCCCSCCNc1cccc(Cl)n1. The molecule has 1 aromatic heterocycles. The Morgan fingerprint density at radius 2 is 2.27 bits per heavy atom. The molecule has 0 saturated carbocycles. The lowest BCUT2D eigenvalue weighted by Crippen LogP contribution is -2.06. The van der Waals surface area contributed by atoms with E-state index in [2.05, 4.69) is 10.3 Å². The number of aliphatic hydroxyl groups excluding tert-OH is 1. The standard InChI is InChI=1S/C10H15ClN2OS/c11-9-3-1-4-10(13-9)12-5-8-15-7-2-6-14/h1,3-4,14H,2,5-8H2,(H,12,13). The van der Waals surface area contributed by atoms with Gasteiger partial charge in [-0.25, -0.2) is 4.98 Å². The van der Waals surface area contributed by atoms with E-state index < -0.39 is 0 Å². The number of nitrogens with one attached hydrogen (secondary N) is 1. The number of halogens is 1. The minimum Gasteiger partial charge on any atom is -0.396 e. The molecule has 0 aliphatic heterocycles. The van der Waals surface area contributed by atoms with E-state index in [0.29, 0.717) is 5.15 Å². The maximum atomic E-state index is 8.58. The van der Waals surface area contributed by atoms with Gasteiger partial charge >= 0.3 is 0 Å². The van der Waals surface area contributed by atoms with Gasteiger partial charge in [0.1, 0.15) is 11.0 Å². The van der Waals surface area contributed by atoms with Crippen molar-refractivity contribution in [3.05, 3.63) is 23.4 Å². The molecular formula is C10H15ClN2OS. The Labute approximate surface area is 99.2 Å². The average molecular weight is 247 g/mol. The molecule has 0 amide bonds. The van der Waals surface area contributed by atoms with Crippen LogP contribution < -0.4 is 5.32 Å². The molecule has 0 aromatic carbocycles. The first-order valence-electron chi connectivity index (χ1n) is 4.88. The van der Waals surface area contributed by atoms with E-state index in [9.17, 15) is 0 Å². The third-order valence-electron chi connectivity index (χ3n) is 1.71. The second kappa shape index (κ2) is 7.79. The highest BCUT2D eigenvalue weighted by atomic mass is 35.5. The van der Waals surface area contributed by atoms with E-state index in [-0.39, 0.29) is 6.61 Å². The molecule has 15 heavy (non-hydrogen) atoms. The molecule has 0 atom stereocenters. The largest absolute Gasteiger partial charge is 0.396 e. The van der Waals surface area contributed by atoms with Gasteiger partial charge < -0.3 is 10.4 Å². The Morgan fingerprint density at radius 1 is 1.40 bits per heavy atom. The van der Waals surface area contributed by atoms with Gasteiger partial charge in [-0.1, -0.05) is 17.7 Å². The van der Waals surface area contributed by atoms with Crippen LogP contribution in [0, 0.1) is 0 Å². The molecule has 0 unspecified atom stereocenters. The summed E-state index contributed by atoms with van der Waals surface area (Å²) in [5.74, 6) is 2.82. The zero-order valence-electron chi connectivity index (χ0n) is 8.45. The lowest BCUT2D eigenvalue weighted by atomic mass is 10.4. The van der Waals surface area contributed by atoms with E-state index in [1.807, 2.05) is 23.9 Å². The van der Waals surface area contributed by atoms with Gasteiger partial charge in [0.05, 0.1) is 0 Å². The highest BCUT2D eigenvalue weighted by molar-refractivity contribution is 7.99. The summed E-state index contributed by atoms with van der Waals surface area (Å²) in [5.41, 5.74) is 0. The molecule has 1 heterocycles. The topological polar surface area (TPSA) is 45.1 Å². The van der Waals surface area contributed by atoms with Crippen LogP contribution in [-0.4, -0.2) is 34.7 Å². The molecule has 5 heteroatoms. The third-order valence-corrected chi connectivity index (χ3v) is 3.00. The first-order chi connectivity index (χ1) is 7.33. The Bertz CT molecular complexity index is 286. The maximum absolute atomic E-state index is 8.58. The number of hydrogen-bond donors (Lipinski definition) is 2. The summed E-state index contributed by atoms with van der Waals surface area (Å²) >= 11 is 7.56. The van der Waals surface area contributed by atoms with Crippen LogP contribution in [0.1, 0.15) is 6.42 Å². The maximum Gasteiger partial charge on any atom is 0.131 e. The van der Waals surface area contributed by atoms with Crippen LogP contribution in [0.15, 0.2) is 18.2 Å². The number of thioether (sulfide) groups is 1. The van der Waals surface area contributed by atoms with Crippen molar-refractivity contribution in [1.82, 2.24) is 4.98 Å². The zero-order valence-corrected chi connectivity index (χ0v) is 10.0. The van der Waals surface area contributed by atoms with Crippen LogP contribution in [-0.2, 0) is 0 Å². The van der Waals surface area contributed by atoms with E-state index in [0.717, 1.165) is 30.3 Å². The molecule has 2 N–H and O–H groups in total. The molecule has 3 nitrogen and oxygen atoms in total. The summed E-state index contributed by atoms with van der Waals surface area (Å²) in [6.07, 6.45) is 0.861. The summed E-state index contributed by atoms with van der Waals surface area (Å²) in [7, 11) is 0. The van der Waals surface area contributed by atoms with Crippen molar-refractivity contribution in [2.75, 3.05) is 30.0 Å². The zero-order chi connectivity index (χ0) is 10.9. The van der Waals surface area contributed by atoms with Crippen molar-refractivity contribution >= 4 is 29.2 Å². The van der Waals surface area contributed by atoms with Gasteiger partial charge in [0.15, 0.2) is 0 Å². The third kappa shape index (κ3) is 5.87. The van der Waals surface area contributed by atoms with Crippen molar-refractivity contribution in [3.63, 3.8) is 0 Å². The van der Waals surface area contributed by atoms with Crippen LogP contribution in [0.5, 0.6) is 0 Å². The predicted octanol–water partition coefficient (Wildman–Crippen LogP) is 2.26. The van der Waals surface area contributed by atoms with Crippen molar-refractivity contribution in [3.8, 4) is 0 Å². The van der Waals surface area contributed by atoms with Crippen LogP contribution in [0.2, 0.25) is 5.15 Å². The quantitative estimate of drug-likeness (QED) is 0.572. The highest BCUT2D eigenvalue weighted by Crippen LogP contribution is 2.09. The van der Waals surface area contributed by atoms with Crippen molar-refractivity contribution in [2.24, 2.45) is 0 Å². The normalized spacial score (nSPS) is 10.3. The number of anilines is 1. The van der Waals surface area contributed by atoms with Crippen LogP contribution in [0.25, 0.3) is 0 Å². The molecule has 0 radical (unpaired) electrons. The molecule has 0 aliphatic rings. The molecule has 84 valence electrons. The number of hydrogen-bond acceptors (Lipinski definition) is 4. The molecule has 0 bridgehead atoms. The van der Waals surface area contributed by atoms with Gasteiger partial charge in [-0.3, -0.25) is 0 Å². The van der Waals surface area contributed by atoms with Gasteiger partial charge in [0.25, 0.3) is 0 Å². The summed E-state index contributed by atoms with van der Waals surface area (Å²) in [6.45, 7) is 1.14. The van der Waals surface area contributed by atoms with E-state index in [1.54, 1.807) is 6.07 Å². The van der Waals surface area contributed by atoms with Crippen LogP contribution in [0.4, 0.5) is 5.82 Å². The Morgan fingerprint density at radius 3 is 3.00 bits per heavy atom. The molecular weight excluding hydrogens is 232 g/mol. The number of rotatable bonds is 7. The predicted molar refractivity (Wildman–Crippen MR) is 66.8 cm³/mol. The second-order valence-electron chi connectivity index (χ2n) is 2.96. The van der Waals surface area contributed by atoms with E-state index in [4.69, 9.17) is 16.7 Å². The van der Waals surface area contributed by atoms with Crippen molar-refractivity contribution in [1.29, 1.82) is 0 Å². The fourth-order valence-electron chi connectivity index (χ4n) is 1.03. The second-order valence-corrected chi connectivity index (χ2v) is 4.57. The first kappa shape index (κ1) is 12.6. The number of nitrogens with zero attached hydrogens (tertiary/aromatic N) is 1. The first-order valence-corrected chi connectivity index (χ1v) is 6.41. The highest BCUT2D eigenvalue weighted by Gasteiger charge is 1.94. The summed E-state index contributed by atoms with van der Waals surface area (Å²) < 4.78 is 0. The lowest BCUT2D eigenvalue weighted by molar-refractivity contribution is 0.296. The number of aromatic nitrogens is 1. The van der Waals surface area contributed by atoms with Crippen molar-refractivity contribution in [2.45, 2.75) is 6.42 Å². The van der Waals surface area contributed by atoms with E-state index >= 15 is 0 Å². The van der Waals surface area contributed by atoms with Gasteiger partial charge in [-0.2, -0.15) is 11.8 Å². The summed E-state index contributed by atoms with van der Waals surface area (Å²) in [4.78, 5) is 4.11. The molecule has 1 rings (SSSR count). The monoisotopic (exact) mass is 246 g/mol. The molecule has 0 spiro atoms. The van der Waals surface area contributed by atoms with Crippen LogP contribution in [0.3, 0.4) is 0 Å². The summed E-state index contributed by atoms with van der Waals surface area (Å²) in [6, 6.07) is 5.52. The number of pyridine rings is 1. The smallest absolute Gasteiger partial charge is 0.131 e. The summed E-state index contributed by atoms with van der Waals surface area (Å²) in [5, 5.41) is 12.3. The fourth-order valence-corrected chi connectivity index (χ4v) is 1.97. The minimum absolute atomic E-state index is 0.274. The fraction of sp³-hybridized carbons (Fsp3) is 0.500. The molecule has 0 saturated heterocycles. The minimum atomic E-state index is 0.274. The molecule has 0 fully saturated rings. The molecule has 1 aromatic rings. The average Bonchev–Trinajstić information content (AvgIpc) is 2.23. The van der Waals surface area contributed by atoms with Gasteiger partial charge in [-0.15, -0.1) is 0 Å². The van der Waals surface area contributed by atoms with E-state index in [1.165, 1.54) is 0 Å². The van der Waals surface area contributed by atoms with Gasteiger partial charge in [0, 0.05) is 18.9 Å².